The van der Waals surface area contributed by atoms with Crippen LogP contribution in [-0.2, 0) is 4.79 Å². The van der Waals surface area contributed by atoms with Gasteiger partial charge >= 0.3 is 5.97 Å². The van der Waals surface area contributed by atoms with E-state index < -0.39 is 17.9 Å². The zero-order valence-corrected chi connectivity index (χ0v) is 20.2. The van der Waals surface area contributed by atoms with E-state index in [9.17, 15) is 14.7 Å². The van der Waals surface area contributed by atoms with Crippen LogP contribution >= 0.6 is 23.2 Å². The summed E-state index contributed by atoms with van der Waals surface area (Å²) in [6.07, 6.45) is 6.98. The highest BCUT2D eigenvalue weighted by molar-refractivity contribution is 6.39. The van der Waals surface area contributed by atoms with E-state index in [1.54, 1.807) is 36.7 Å². The highest BCUT2D eigenvalue weighted by Crippen LogP contribution is 2.26. The van der Waals surface area contributed by atoms with Gasteiger partial charge in [0.1, 0.15) is 6.04 Å². The topological polar surface area (TPSA) is 95.4 Å². The molecule has 3 rings (SSSR count). The van der Waals surface area contributed by atoms with Crippen molar-refractivity contribution in [2.45, 2.75) is 32.4 Å². The number of halogens is 2. The van der Waals surface area contributed by atoms with Crippen molar-refractivity contribution in [2.24, 2.45) is 0 Å². The smallest absolute Gasteiger partial charge is 0.326 e. The van der Waals surface area contributed by atoms with Gasteiger partial charge in [0.05, 0.1) is 15.6 Å². The molecule has 0 bridgehead atoms. The number of hydrogen-bond donors (Lipinski definition) is 2. The summed E-state index contributed by atoms with van der Waals surface area (Å²) in [6.45, 7) is 4.11. The third-order valence-corrected chi connectivity index (χ3v) is 5.56. The second kappa shape index (κ2) is 11.6. The van der Waals surface area contributed by atoms with Gasteiger partial charge in [-0.25, -0.2) is 14.8 Å². The lowest BCUT2D eigenvalue weighted by Crippen LogP contribution is -2.40. The Kier molecular flexibility index (Phi) is 8.62. The molecule has 2 N–H and O–H groups in total. The van der Waals surface area contributed by atoms with Crippen molar-refractivity contribution in [2.75, 3.05) is 4.90 Å². The fraction of sp³-hybridized carbons (Fsp3) is 0.200. The second-order valence-electron chi connectivity index (χ2n) is 7.70. The molecule has 176 valence electrons. The van der Waals surface area contributed by atoms with Crippen LogP contribution in [-0.4, -0.2) is 39.0 Å². The summed E-state index contributed by atoms with van der Waals surface area (Å²) in [5, 5.41) is 12.3. The zero-order chi connectivity index (χ0) is 24.7. The molecule has 0 aliphatic rings. The Hall–Kier alpha value is -3.42. The van der Waals surface area contributed by atoms with Crippen molar-refractivity contribution in [3.8, 4) is 0 Å². The summed E-state index contributed by atoms with van der Waals surface area (Å²) in [4.78, 5) is 34.9. The highest BCUT2D eigenvalue weighted by atomic mass is 35.5. The van der Waals surface area contributed by atoms with Crippen molar-refractivity contribution in [3.63, 3.8) is 0 Å². The molecule has 0 radical (unpaired) electrons. The maximum Gasteiger partial charge on any atom is 0.326 e. The molecule has 0 unspecified atom stereocenters. The number of carbonyl (C=O) groups is 2. The molecule has 0 fully saturated rings. The lowest BCUT2D eigenvalue weighted by molar-refractivity contribution is -0.139. The van der Waals surface area contributed by atoms with Gasteiger partial charge in [-0.05, 0) is 56.2 Å². The summed E-state index contributed by atoms with van der Waals surface area (Å²) in [5.74, 6) is -1.19. The number of carbonyl (C=O) groups excluding carboxylic acids is 1. The van der Waals surface area contributed by atoms with Gasteiger partial charge in [0.25, 0.3) is 5.91 Å². The normalized spacial score (nSPS) is 12.0. The molecule has 0 saturated carbocycles. The zero-order valence-electron chi connectivity index (χ0n) is 18.7. The Bertz CT molecular complexity index is 1150. The van der Waals surface area contributed by atoms with Crippen molar-refractivity contribution >= 4 is 52.8 Å². The third-order valence-electron chi connectivity index (χ3n) is 4.93. The third kappa shape index (κ3) is 6.34. The van der Waals surface area contributed by atoms with Crippen LogP contribution in [0, 0.1) is 0 Å². The predicted molar refractivity (Wildman–Crippen MR) is 135 cm³/mol. The van der Waals surface area contributed by atoms with Crippen LogP contribution in [0.15, 0.2) is 67.0 Å². The highest BCUT2D eigenvalue weighted by Gasteiger charge is 2.22. The van der Waals surface area contributed by atoms with Crippen molar-refractivity contribution in [1.82, 2.24) is 15.3 Å². The van der Waals surface area contributed by atoms with Crippen molar-refractivity contribution < 1.29 is 14.7 Å². The second-order valence-corrected chi connectivity index (χ2v) is 8.52. The molecule has 3 aromatic rings. The molecule has 9 heteroatoms. The SMILES string of the molecule is CC(C)N(c1ccc(/C=C/C[C@H](NC(=O)c2c(Cl)cccc2Cl)C(=O)O)cc1)c1ncccn1. The molecule has 34 heavy (non-hydrogen) atoms. The van der Waals surface area contributed by atoms with E-state index in [0.29, 0.717) is 5.95 Å². The molecule has 2 aromatic carbocycles. The molecule has 0 saturated heterocycles. The molecule has 0 spiro atoms. The first-order valence-corrected chi connectivity index (χ1v) is 11.3. The molecule has 1 heterocycles. The quantitative estimate of drug-likeness (QED) is 0.397. The maximum absolute atomic E-state index is 12.5. The Morgan fingerprint density at radius 3 is 2.21 bits per heavy atom. The Morgan fingerprint density at radius 1 is 1.03 bits per heavy atom. The number of benzene rings is 2. The lowest BCUT2D eigenvalue weighted by Gasteiger charge is -2.26. The fourth-order valence-electron chi connectivity index (χ4n) is 3.31. The van der Waals surface area contributed by atoms with Crippen LogP contribution in [0.3, 0.4) is 0 Å². The van der Waals surface area contributed by atoms with E-state index >= 15 is 0 Å². The first kappa shape index (κ1) is 25.2. The number of hydrogen-bond acceptors (Lipinski definition) is 5. The van der Waals surface area contributed by atoms with Gasteiger partial charge in [0.15, 0.2) is 0 Å². The molecule has 1 amide bonds. The Morgan fingerprint density at radius 2 is 1.65 bits per heavy atom. The summed E-state index contributed by atoms with van der Waals surface area (Å²) in [6, 6.07) is 13.2. The molecular formula is C25H24Cl2N4O3. The minimum Gasteiger partial charge on any atom is -0.480 e. The van der Waals surface area contributed by atoms with E-state index in [4.69, 9.17) is 23.2 Å². The van der Waals surface area contributed by atoms with Crippen molar-refractivity contribution in [3.05, 3.63) is 88.2 Å². The van der Waals surface area contributed by atoms with Gasteiger partial charge < -0.3 is 15.3 Å². The number of nitrogens with one attached hydrogen (secondary N) is 1. The van der Waals surface area contributed by atoms with Crippen LogP contribution in [0.2, 0.25) is 10.0 Å². The van der Waals surface area contributed by atoms with Gasteiger partial charge in [-0.2, -0.15) is 0 Å². The number of aromatic nitrogens is 2. The predicted octanol–water partition coefficient (Wildman–Crippen LogP) is 5.62. The monoisotopic (exact) mass is 498 g/mol. The van der Waals surface area contributed by atoms with E-state index in [0.717, 1.165) is 11.3 Å². The van der Waals surface area contributed by atoms with Crippen LogP contribution < -0.4 is 10.2 Å². The molecular weight excluding hydrogens is 475 g/mol. The van der Waals surface area contributed by atoms with E-state index in [-0.39, 0.29) is 28.1 Å². The van der Waals surface area contributed by atoms with Gasteiger partial charge in [-0.15, -0.1) is 0 Å². The molecule has 0 aliphatic carbocycles. The first-order valence-electron chi connectivity index (χ1n) is 10.6. The largest absolute Gasteiger partial charge is 0.480 e. The Balaban J connectivity index is 1.68. The lowest BCUT2D eigenvalue weighted by atomic mass is 10.1. The summed E-state index contributed by atoms with van der Waals surface area (Å²) in [5.41, 5.74) is 1.87. The summed E-state index contributed by atoms with van der Waals surface area (Å²) in [7, 11) is 0. The minimum absolute atomic E-state index is 0.0498. The van der Waals surface area contributed by atoms with Crippen LogP contribution in [0.4, 0.5) is 11.6 Å². The standard InChI is InChI=1S/C25H24Cl2N4O3/c1-16(2)31(25-28-14-5-15-29-25)18-12-10-17(11-13-18)6-3-9-21(24(33)34)30-23(32)22-19(26)7-4-8-20(22)27/h3-8,10-16,21H,9H2,1-2H3,(H,30,32)(H,33,34)/b6-3+/t21-/m0/s1. The van der Waals surface area contributed by atoms with Crippen LogP contribution in [0.25, 0.3) is 6.08 Å². The number of amides is 1. The van der Waals surface area contributed by atoms with Gasteiger partial charge in [-0.1, -0.05) is 53.6 Å². The maximum atomic E-state index is 12.5. The molecule has 1 atom stereocenters. The van der Waals surface area contributed by atoms with E-state index in [1.165, 1.54) is 12.1 Å². The number of carboxylic acid groups (broad SMARTS) is 1. The summed E-state index contributed by atoms with van der Waals surface area (Å²) >= 11 is 12.1. The fourth-order valence-corrected chi connectivity index (χ4v) is 3.88. The van der Waals surface area contributed by atoms with Gasteiger partial charge in [-0.3, -0.25) is 4.79 Å². The number of anilines is 2. The summed E-state index contributed by atoms with van der Waals surface area (Å²) < 4.78 is 0. The number of rotatable bonds is 9. The minimum atomic E-state index is -1.16. The average Bonchev–Trinajstić information content (AvgIpc) is 2.80. The number of aliphatic carboxylic acids is 1. The van der Waals surface area contributed by atoms with E-state index in [1.807, 2.05) is 29.2 Å². The van der Waals surface area contributed by atoms with Gasteiger partial charge in [0, 0.05) is 24.1 Å². The molecule has 0 aliphatic heterocycles. The first-order chi connectivity index (χ1) is 16.3. The van der Waals surface area contributed by atoms with Gasteiger partial charge in [0.2, 0.25) is 5.95 Å². The number of carboxylic acids is 1. The van der Waals surface area contributed by atoms with E-state index in [2.05, 4.69) is 29.1 Å². The molecule has 7 nitrogen and oxygen atoms in total. The van der Waals surface area contributed by atoms with Crippen molar-refractivity contribution in [1.29, 1.82) is 0 Å². The number of nitrogens with zero attached hydrogens (tertiary/aromatic N) is 3. The molecule has 1 aromatic heterocycles. The average molecular weight is 499 g/mol. The Labute approximate surface area is 208 Å². The van der Waals surface area contributed by atoms with Crippen LogP contribution in [0.5, 0.6) is 0 Å². The van der Waals surface area contributed by atoms with Crippen LogP contribution in [0.1, 0.15) is 36.2 Å².